The molecule has 126 valence electrons. The first kappa shape index (κ1) is 15.6. The van der Waals surface area contributed by atoms with Gasteiger partial charge in [0, 0.05) is 42.3 Å². The van der Waals surface area contributed by atoms with Crippen LogP contribution in [0.3, 0.4) is 0 Å². The number of rotatable bonds is 3. The van der Waals surface area contributed by atoms with E-state index in [0.29, 0.717) is 13.0 Å². The predicted octanol–water partition coefficient (Wildman–Crippen LogP) is 3.01. The highest BCUT2D eigenvalue weighted by Crippen LogP contribution is 2.41. The number of nitrogens with zero attached hydrogens (tertiary/aromatic N) is 4. The van der Waals surface area contributed by atoms with E-state index in [0.717, 1.165) is 48.9 Å². The molecule has 0 unspecified atom stereocenters. The third-order valence-corrected chi connectivity index (χ3v) is 6.16. The fraction of sp³-hybridized carbons (Fsp3) is 0.500. The van der Waals surface area contributed by atoms with E-state index in [-0.39, 0.29) is 11.4 Å². The molecule has 0 N–H and O–H groups in total. The maximum atomic E-state index is 12.5. The number of likely N-dealkylation sites (tertiary alicyclic amines) is 1. The largest absolute Gasteiger partial charge is 0.348 e. The first-order valence-corrected chi connectivity index (χ1v) is 9.42. The number of aromatic nitrogens is 2. The van der Waals surface area contributed by atoms with E-state index >= 15 is 0 Å². The summed E-state index contributed by atoms with van der Waals surface area (Å²) in [5.41, 5.74) is 2.01. The van der Waals surface area contributed by atoms with Crippen LogP contribution in [-0.4, -0.2) is 39.4 Å². The highest BCUT2D eigenvalue weighted by Gasteiger charge is 2.47. The molecule has 5 nitrogen and oxygen atoms in total. The average Bonchev–Trinajstić information content (AvgIpc) is 3.21. The Labute approximate surface area is 146 Å². The monoisotopic (exact) mass is 342 g/mol. The van der Waals surface area contributed by atoms with Gasteiger partial charge in [0.15, 0.2) is 5.13 Å². The summed E-state index contributed by atoms with van der Waals surface area (Å²) in [6.45, 7) is 4.58. The van der Waals surface area contributed by atoms with Crippen LogP contribution in [0.4, 0.5) is 5.13 Å². The fourth-order valence-electron chi connectivity index (χ4n) is 3.99. The quantitative estimate of drug-likeness (QED) is 0.860. The van der Waals surface area contributed by atoms with Gasteiger partial charge >= 0.3 is 0 Å². The lowest BCUT2D eigenvalue weighted by Crippen LogP contribution is -2.53. The van der Waals surface area contributed by atoms with Crippen LogP contribution in [0.5, 0.6) is 0 Å². The van der Waals surface area contributed by atoms with Gasteiger partial charge in [-0.15, -0.1) is 11.3 Å². The Morgan fingerprint density at radius 3 is 2.79 bits per heavy atom. The van der Waals surface area contributed by atoms with Gasteiger partial charge in [-0.1, -0.05) is 6.07 Å². The number of hydrogen-bond donors (Lipinski definition) is 0. The van der Waals surface area contributed by atoms with Gasteiger partial charge < -0.3 is 9.80 Å². The zero-order valence-electron chi connectivity index (χ0n) is 13.9. The second-order valence-corrected chi connectivity index (χ2v) is 7.65. The number of piperidine rings is 1. The number of amides is 1. The zero-order valence-corrected chi connectivity index (χ0v) is 14.8. The van der Waals surface area contributed by atoms with Gasteiger partial charge in [0.1, 0.15) is 0 Å². The Kier molecular flexibility index (Phi) is 4.00. The number of pyridine rings is 1. The van der Waals surface area contributed by atoms with Gasteiger partial charge in [-0.3, -0.25) is 9.78 Å². The van der Waals surface area contributed by atoms with Crippen LogP contribution in [0, 0.1) is 6.92 Å². The van der Waals surface area contributed by atoms with Crippen LogP contribution < -0.4 is 4.90 Å². The van der Waals surface area contributed by atoms with Crippen molar-refractivity contribution in [2.45, 2.75) is 44.7 Å². The molecule has 6 heteroatoms. The second kappa shape index (κ2) is 6.16. The van der Waals surface area contributed by atoms with Gasteiger partial charge in [-0.05, 0) is 38.3 Å². The minimum absolute atomic E-state index is 0.0102. The van der Waals surface area contributed by atoms with Crippen molar-refractivity contribution in [3.05, 3.63) is 41.2 Å². The summed E-state index contributed by atoms with van der Waals surface area (Å²) in [4.78, 5) is 26.0. The van der Waals surface area contributed by atoms with E-state index in [1.165, 1.54) is 0 Å². The lowest BCUT2D eigenvalue weighted by atomic mass is 9.85. The molecule has 4 rings (SSSR count). The molecule has 2 aliphatic heterocycles. The van der Waals surface area contributed by atoms with E-state index in [2.05, 4.69) is 19.8 Å². The normalized spacial score (nSPS) is 20.1. The molecule has 1 spiro atoms. The summed E-state index contributed by atoms with van der Waals surface area (Å²) >= 11 is 1.69. The fourth-order valence-corrected chi connectivity index (χ4v) is 4.68. The summed E-state index contributed by atoms with van der Waals surface area (Å²) in [7, 11) is 0. The molecule has 0 bridgehead atoms. The van der Waals surface area contributed by atoms with Gasteiger partial charge in [0.2, 0.25) is 5.91 Å². The molecule has 1 amide bonds. The van der Waals surface area contributed by atoms with Gasteiger partial charge in [-0.2, -0.15) is 0 Å². The number of thiazole rings is 1. The highest BCUT2D eigenvalue weighted by atomic mass is 32.1. The number of carbonyl (C=O) groups excluding carboxylic acids is 1. The molecule has 0 saturated carbocycles. The molecule has 2 aromatic heterocycles. The third-order valence-electron chi connectivity index (χ3n) is 5.33. The van der Waals surface area contributed by atoms with Crippen LogP contribution in [0.15, 0.2) is 29.8 Å². The van der Waals surface area contributed by atoms with E-state index in [9.17, 15) is 4.79 Å². The number of carbonyl (C=O) groups is 1. The molecular weight excluding hydrogens is 320 g/mol. The summed E-state index contributed by atoms with van der Waals surface area (Å²) in [5.74, 6) is 0.279. The van der Waals surface area contributed by atoms with E-state index in [1.54, 1.807) is 11.3 Å². The van der Waals surface area contributed by atoms with Crippen molar-refractivity contribution in [3.63, 3.8) is 0 Å². The van der Waals surface area contributed by atoms with E-state index in [1.807, 2.05) is 36.7 Å². The molecule has 0 aromatic carbocycles. The van der Waals surface area contributed by atoms with Crippen LogP contribution in [0.25, 0.3) is 0 Å². The minimum atomic E-state index is 0.0102. The molecule has 4 heterocycles. The van der Waals surface area contributed by atoms with E-state index < -0.39 is 0 Å². The summed E-state index contributed by atoms with van der Waals surface area (Å²) in [5, 5.41) is 3.12. The van der Waals surface area contributed by atoms with Crippen molar-refractivity contribution in [2.24, 2.45) is 0 Å². The van der Waals surface area contributed by atoms with Gasteiger partial charge in [0.25, 0.3) is 0 Å². The Balaban J connectivity index is 1.50. The molecule has 2 saturated heterocycles. The third kappa shape index (κ3) is 2.79. The zero-order chi connectivity index (χ0) is 16.6. The van der Waals surface area contributed by atoms with Crippen LogP contribution in [0.1, 0.15) is 37.1 Å². The molecule has 0 radical (unpaired) electrons. The Morgan fingerprint density at radius 1 is 1.25 bits per heavy atom. The molecule has 2 aromatic rings. The highest BCUT2D eigenvalue weighted by molar-refractivity contribution is 7.13. The van der Waals surface area contributed by atoms with Crippen molar-refractivity contribution in [1.82, 2.24) is 14.9 Å². The number of anilines is 1. The summed E-state index contributed by atoms with van der Waals surface area (Å²) in [6.07, 6.45) is 5.54. The lowest BCUT2D eigenvalue weighted by molar-refractivity contribution is -0.132. The maximum Gasteiger partial charge on any atom is 0.223 e. The second-order valence-electron chi connectivity index (χ2n) is 6.78. The molecule has 24 heavy (non-hydrogen) atoms. The van der Waals surface area contributed by atoms with Crippen LogP contribution in [0.2, 0.25) is 0 Å². The first-order valence-electron chi connectivity index (χ1n) is 8.54. The minimum Gasteiger partial charge on any atom is -0.348 e. The van der Waals surface area contributed by atoms with Crippen molar-refractivity contribution in [3.8, 4) is 0 Å². The van der Waals surface area contributed by atoms with Crippen molar-refractivity contribution in [1.29, 1.82) is 0 Å². The standard InChI is InChI=1S/C18H22N4OS/c1-14-3-2-4-15(20-14)13-22-16(23)5-6-18(22)7-10-21(11-8-18)17-19-9-12-24-17/h2-4,9,12H,5-8,10-11,13H2,1H3. The average molecular weight is 342 g/mol. The Bertz CT molecular complexity index is 722. The Morgan fingerprint density at radius 2 is 2.08 bits per heavy atom. The maximum absolute atomic E-state index is 12.5. The van der Waals surface area contributed by atoms with Gasteiger partial charge in [-0.25, -0.2) is 4.98 Å². The van der Waals surface area contributed by atoms with Crippen LogP contribution in [-0.2, 0) is 11.3 Å². The first-order chi connectivity index (χ1) is 11.7. The summed E-state index contributed by atoms with van der Waals surface area (Å²) < 4.78 is 0. The van der Waals surface area contributed by atoms with Crippen molar-refractivity contribution < 1.29 is 4.79 Å². The SMILES string of the molecule is Cc1cccc(CN2C(=O)CCC23CCN(c2nccs2)CC3)n1. The molecule has 2 aliphatic rings. The van der Waals surface area contributed by atoms with Crippen LogP contribution >= 0.6 is 11.3 Å². The molecular formula is C18H22N4OS. The topological polar surface area (TPSA) is 49.3 Å². The van der Waals surface area contributed by atoms with Crippen molar-refractivity contribution in [2.75, 3.05) is 18.0 Å². The molecule has 0 atom stereocenters. The van der Waals surface area contributed by atoms with Crippen molar-refractivity contribution >= 4 is 22.4 Å². The number of aryl methyl sites for hydroxylation is 1. The summed E-state index contributed by atoms with van der Waals surface area (Å²) in [6, 6.07) is 6.05. The molecule has 2 fully saturated rings. The predicted molar refractivity (Wildman–Crippen MR) is 95.1 cm³/mol. The Hall–Kier alpha value is -1.95. The number of hydrogen-bond acceptors (Lipinski definition) is 5. The van der Waals surface area contributed by atoms with Gasteiger partial charge in [0.05, 0.1) is 12.2 Å². The lowest BCUT2D eigenvalue weighted by Gasteiger charge is -2.45. The smallest absolute Gasteiger partial charge is 0.223 e. The molecule has 0 aliphatic carbocycles. The van der Waals surface area contributed by atoms with E-state index in [4.69, 9.17) is 0 Å².